The predicted octanol–water partition coefficient (Wildman–Crippen LogP) is 2.40. The number of ether oxygens (including phenoxy) is 1. The summed E-state index contributed by atoms with van der Waals surface area (Å²) in [7, 11) is 0. The van der Waals surface area contributed by atoms with E-state index in [4.69, 9.17) is 4.74 Å². The van der Waals surface area contributed by atoms with Gasteiger partial charge in [-0.25, -0.2) is 9.78 Å². The molecule has 1 saturated heterocycles. The second-order valence-corrected chi connectivity index (χ2v) is 7.23. The molecule has 21 heavy (non-hydrogen) atoms. The Balaban J connectivity index is 1.85. The van der Waals surface area contributed by atoms with Gasteiger partial charge in [-0.05, 0) is 32.9 Å². The third kappa shape index (κ3) is 4.89. The van der Waals surface area contributed by atoms with Crippen molar-refractivity contribution in [3.05, 3.63) is 24.4 Å². The molecule has 1 aromatic heterocycles. The van der Waals surface area contributed by atoms with Crippen molar-refractivity contribution in [2.24, 2.45) is 5.92 Å². The maximum Gasteiger partial charge on any atom is 0.410 e. The lowest BCUT2D eigenvalue weighted by molar-refractivity contribution is 0.0270. The summed E-state index contributed by atoms with van der Waals surface area (Å²) >= 11 is 1.60. The second-order valence-electron chi connectivity index (χ2n) is 6.19. The Kier molecular flexibility index (Phi) is 5.11. The molecule has 0 saturated carbocycles. The van der Waals surface area contributed by atoms with Gasteiger partial charge in [0.1, 0.15) is 5.60 Å². The van der Waals surface area contributed by atoms with E-state index in [-0.39, 0.29) is 12.0 Å². The number of aromatic nitrogens is 1. The van der Waals surface area contributed by atoms with E-state index in [0.717, 1.165) is 10.8 Å². The van der Waals surface area contributed by atoms with Crippen LogP contribution < -0.4 is 0 Å². The molecular formula is C15H22N2O3S. The van der Waals surface area contributed by atoms with Crippen LogP contribution >= 0.6 is 11.8 Å². The fourth-order valence-corrected chi connectivity index (χ4v) is 3.14. The van der Waals surface area contributed by atoms with Crippen LogP contribution in [0.15, 0.2) is 29.4 Å². The number of aliphatic hydroxyl groups excluding tert-OH is 1. The van der Waals surface area contributed by atoms with Gasteiger partial charge in [0, 0.05) is 24.4 Å². The minimum atomic E-state index is -0.511. The maximum atomic E-state index is 12.0. The molecule has 2 rings (SSSR count). The lowest BCUT2D eigenvalue weighted by Crippen LogP contribution is -2.35. The van der Waals surface area contributed by atoms with Crippen LogP contribution in [0.2, 0.25) is 0 Å². The third-order valence-electron chi connectivity index (χ3n) is 3.14. The summed E-state index contributed by atoms with van der Waals surface area (Å²) in [5, 5.41) is 11.0. The average molecular weight is 310 g/mol. The number of nitrogens with zero attached hydrogens (tertiary/aromatic N) is 2. The van der Waals surface area contributed by atoms with Gasteiger partial charge in [-0.1, -0.05) is 6.07 Å². The zero-order valence-corrected chi connectivity index (χ0v) is 13.5. The SMILES string of the molecule is CC(C)(C)OC(=O)N1CC(O)C(CSc2ccccn2)C1. The lowest BCUT2D eigenvalue weighted by Gasteiger charge is -2.24. The maximum absolute atomic E-state index is 12.0. The van der Waals surface area contributed by atoms with Crippen molar-refractivity contribution in [2.45, 2.75) is 37.5 Å². The Bertz CT molecular complexity index is 476. The molecule has 1 fully saturated rings. The van der Waals surface area contributed by atoms with Gasteiger partial charge < -0.3 is 14.7 Å². The van der Waals surface area contributed by atoms with E-state index in [0.29, 0.717) is 13.1 Å². The Morgan fingerprint density at radius 3 is 2.86 bits per heavy atom. The summed E-state index contributed by atoms with van der Waals surface area (Å²) < 4.78 is 5.34. The number of β-amino-alcohol motifs (C(OH)–C–C–N with tert-alkyl or cyclic N) is 1. The molecule has 0 bridgehead atoms. The number of thioether (sulfide) groups is 1. The number of amides is 1. The highest BCUT2D eigenvalue weighted by Crippen LogP contribution is 2.26. The Hall–Kier alpha value is -1.27. The molecule has 6 heteroatoms. The highest BCUT2D eigenvalue weighted by molar-refractivity contribution is 7.99. The molecule has 2 unspecified atom stereocenters. The number of hydrogen-bond acceptors (Lipinski definition) is 5. The van der Waals surface area contributed by atoms with E-state index >= 15 is 0 Å². The molecule has 2 atom stereocenters. The number of rotatable bonds is 3. The molecule has 0 aromatic carbocycles. The van der Waals surface area contributed by atoms with Gasteiger partial charge in [-0.2, -0.15) is 0 Å². The number of carbonyl (C=O) groups excluding carboxylic acids is 1. The fraction of sp³-hybridized carbons (Fsp3) is 0.600. The molecule has 1 aliphatic heterocycles. The fourth-order valence-electron chi connectivity index (χ4n) is 2.12. The van der Waals surface area contributed by atoms with Crippen LogP contribution in [0.4, 0.5) is 4.79 Å². The lowest BCUT2D eigenvalue weighted by atomic mass is 10.1. The smallest absolute Gasteiger partial charge is 0.410 e. The summed E-state index contributed by atoms with van der Waals surface area (Å²) in [5.41, 5.74) is -0.511. The van der Waals surface area contributed by atoms with E-state index in [2.05, 4.69) is 4.98 Å². The van der Waals surface area contributed by atoms with E-state index in [1.807, 2.05) is 39.0 Å². The first-order valence-corrected chi connectivity index (χ1v) is 8.03. The van der Waals surface area contributed by atoms with Crippen molar-refractivity contribution in [1.82, 2.24) is 9.88 Å². The van der Waals surface area contributed by atoms with Gasteiger partial charge >= 0.3 is 6.09 Å². The van der Waals surface area contributed by atoms with E-state index in [9.17, 15) is 9.90 Å². The van der Waals surface area contributed by atoms with Gasteiger partial charge in [-0.3, -0.25) is 0 Å². The zero-order valence-electron chi connectivity index (χ0n) is 12.7. The molecule has 2 heterocycles. The van der Waals surface area contributed by atoms with Crippen LogP contribution in [-0.4, -0.2) is 51.6 Å². The topological polar surface area (TPSA) is 62.7 Å². The molecular weight excluding hydrogens is 288 g/mol. The summed E-state index contributed by atoms with van der Waals surface area (Å²) in [4.78, 5) is 17.8. The largest absolute Gasteiger partial charge is 0.444 e. The second kappa shape index (κ2) is 6.66. The molecule has 0 spiro atoms. The van der Waals surface area contributed by atoms with Crippen molar-refractivity contribution >= 4 is 17.9 Å². The van der Waals surface area contributed by atoms with E-state index in [1.165, 1.54) is 0 Å². The first kappa shape index (κ1) is 16.1. The highest BCUT2D eigenvalue weighted by Gasteiger charge is 2.36. The van der Waals surface area contributed by atoms with Gasteiger partial charge in [0.15, 0.2) is 0 Å². The molecule has 1 amide bonds. The van der Waals surface area contributed by atoms with Crippen LogP contribution in [0.5, 0.6) is 0 Å². The van der Waals surface area contributed by atoms with Crippen molar-refractivity contribution < 1.29 is 14.6 Å². The van der Waals surface area contributed by atoms with Gasteiger partial charge in [0.2, 0.25) is 0 Å². The number of hydrogen-bond donors (Lipinski definition) is 1. The van der Waals surface area contributed by atoms with Crippen LogP contribution in [0.25, 0.3) is 0 Å². The number of aliphatic hydroxyl groups is 1. The average Bonchev–Trinajstić information content (AvgIpc) is 2.77. The van der Waals surface area contributed by atoms with Crippen LogP contribution in [0.3, 0.4) is 0 Å². The molecule has 1 aliphatic rings. The molecule has 0 aliphatic carbocycles. The first-order valence-electron chi connectivity index (χ1n) is 7.05. The zero-order chi connectivity index (χ0) is 15.5. The van der Waals surface area contributed by atoms with Crippen molar-refractivity contribution in [2.75, 3.05) is 18.8 Å². The first-order chi connectivity index (χ1) is 9.85. The molecule has 1 N–H and O–H groups in total. The third-order valence-corrected chi connectivity index (χ3v) is 4.27. The Morgan fingerprint density at radius 1 is 1.48 bits per heavy atom. The normalized spacial score (nSPS) is 22.4. The Morgan fingerprint density at radius 2 is 2.24 bits per heavy atom. The monoisotopic (exact) mass is 310 g/mol. The van der Waals surface area contributed by atoms with Crippen LogP contribution in [-0.2, 0) is 4.74 Å². The van der Waals surface area contributed by atoms with Crippen LogP contribution in [0.1, 0.15) is 20.8 Å². The number of likely N-dealkylation sites (tertiary alicyclic amines) is 1. The minimum absolute atomic E-state index is 0.0459. The Labute approximate surface area is 129 Å². The van der Waals surface area contributed by atoms with Gasteiger partial charge in [-0.15, -0.1) is 11.8 Å². The molecule has 116 valence electrons. The molecule has 5 nitrogen and oxygen atoms in total. The van der Waals surface area contributed by atoms with E-state index in [1.54, 1.807) is 22.9 Å². The van der Waals surface area contributed by atoms with Crippen LogP contribution in [0, 0.1) is 5.92 Å². The van der Waals surface area contributed by atoms with Crippen molar-refractivity contribution in [1.29, 1.82) is 0 Å². The minimum Gasteiger partial charge on any atom is -0.444 e. The van der Waals surface area contributed by atoms with Crippen molar-refractivity contribution in [3.8, 4) is 0 Å². The van der Waals surface area contributed by atoms with Crippen molar-refractivity contribution in [3.63, 3.8) is 0 Å². The summed E-state index contributed by atoms with van der Waals surface area (Å²) in [6.45, 7) is 6.38. The summed E-state index contributed by atoms with van der Waals surface area (Å²) in [6, 6.07) is 5.75. The summed E-state index contributed by atoms with van der Waals surface area (Å²) in [5.74, 6) is 0.779. The number of carbonyl (C=O) groups is 1. The molecule has 0 radical (unpaired) electrons. The standard InChI is InChI=1S/C15H22N2O3S/c1-15(2,3)20-14(19)17-8-11(12(18)9-17)10-21-13-6-4-5-7-16-13/h4-7,11-12,18H,8-10H2,1-3H3. The quantitative estimate of drug-likeness (QED) is 0.869. The van der Waals surface area contributed by atoms with E-state index < -0.39 is 11.7 Å². The molecule has 1 aromatic rings. The predicted molar refractivity (Wildman–Crippen MR) is 82.3 cm³/mol. The number of pyridine rings is 1. The van der Waals surface area contributed by atoms with Gasteiger partial charge in [0.25, 0.3) is 0 Å². The summed E-state index contributed by atoms with van der Waals surface area (Å²) in [6.07, 6.45) is 0.890. The van der Waals surface area contributed by atoms with Gasteiger partial charge in [0.05, 0.1) is 17.7 Å². The highest BCUT2D eigenvalue weighted by atomic mass is 32.2.